The SMILES string of the molecule is CC(C)NC1CCn2c(CCc3ccccc3)nc3cccc1c32. The van der Waals surface area contributed by atoms with Crippen LogP contribution in [0.1, 0.15) is 43.3 Å². The fourth-order valence-electron chi connectivity index (χ4n) is 3.86. The van der Waals surface area contributed by atoms with Gasteiger partial charge < -0.3 is 9.88 Å². The molecule has 0 bridgehead atoms. The van der Waals surface area contributed by atoms with E-state index in [1.54, 1.807) is 0 Å². The molecule has 2 heterocycles. The lowest BCUT2D eigenvalue weighted by atomic mass is 9.98. The second-order valence-corrected chi connectivity index (χ2v) is 7.04. The number of nitrogens with zero attached hydrogens (tertiary/aromatic N) is 2. The first-order valence-corrected chi connectivity index (χ1v) is 9.00. The van der Waals surface area contributed by atoms with Crippen molar-refractivity contribution in [1.82, 2.24) is 14.9 Å². The molecule has 1 aromatic heterocycles. The second kappa shape index (κ2) is 6.40. The Labute approximate surface area is 143 Å². The Morgan fingerprint density at radius 2 is 1.92 bits per heavy atom. The molecule has 124 valence electrons. The number of aromatic nitrogens is 2. The van der Waals surface area contributed by atoms with Crippen LogP contribution in [-0.2, 0) is 19.4 Å². The zero-order valence-corrected chi connectivity index (χ0v) is 14.5. The minimum atomic E-state index is 0.444. The first-order chi connectivity index (χ1) is 11.7. The molecule has 0 aliphatic carbocycles. The van der Waals surface area contributed by atoms with Gasteiger partial charge >= 0.3 is 0 Å². The van der Waals surface area contributed by atoms with Gasteiger partial charge in [-0.1, -0.05) is 56.3 Å². The quantitative estimate of drug-likeness (QED) is 0.761. The molecular formula is C21H25N3. The van der Waals surface area contributed by atoms with Crippen molar-refractivity contribution in [2.24, 2.45) is 0 Å². The predicted molar refractivity (Wildman–Crippen MR) is 99.2 cm³/mol. The van der Waals surface area contributed by atoms with Gasteiger partial charge in [0.05, 0.1) is 11.0 Å². The molecule has 3 nitrogen and oxygen atoms in total. The fraction of sp³-hybridized carbons (Fsp3) is 0.381. The first-order valence-electron chi connectivity index (χ1n) is 9.00. The first kappa shape index (κ1) is 15.4. The lowest BCUT2D eigenvalue weighted by Gasteiger charge is -2.28. The summed E-state index contributed by atoms with van der Waals surface area (Å²) in [5, 5.41) is 3.71. The van der Waals surface area contributed by atoms with Gasteiger partial charge in [-0.25, -0.2) is 4.98 Å². The van der Waals surface area contributed by atoms with Crippen LogP contribution in [0.25, 0.3) is 11.0 Å². The van der Waals surface area contributed by atoms with Crippen LogP contribution >= 0.6 is 0 Å². The molecule has 24 heavy (non-hydrogen) atoms. The second-order valence-electron chi connectivity index (χ2n) is 7.04. The lowest BCUT2D eigenvalue weighted by molar-refractivity contribution is 0.413. The van der Waals surface area contributed by atoms with E-state index in [0.717, 1.165) is 31.3 Å². The van der Waals surface area contributed by atoms with E-state index in [2.05, 4.69) is 72.3 Å². The van der Waals surface area contributed by atoms with Crippen LogP contribution in [0.2, 0.25) is 0 Å². The van der Waals surface area contributed by atoms with Gasteiger partial charge in [-0.3, -0.25) is 0 Å². The molecule has 3 heteroatoms. The largest absolute Gasteiger partial charge is 0.328 e. The van der Waals surface area contributed by atoms with E-state index >= 15 is 0 Å². The summed E-state index contributed by atoms with van der Waals surface area (Å²) in [6.45, 7) is 5.50. The van der Waals surface area contributed by atoms with Gasteiger partial charge in [-0.15, -0.1) is 0 Å². The lowest BCUT2D eigenvalue weighted by Crippen LogP contribution is -2.31. The van der Waals surface area contributed by atoms with Crippen molar-refractivity contribution in [1.29, 1.82) is 0 Å². The van der Waals surface area contributed by atoms with Crippen molar-refractivity contribution in [2.45, 2.75) is 51.7 Å². The standard InChI is InChI=1S/C21H25N3/c1-15(2)22-18-13-14-24-20(12-11-16-7-4-3-5-8-16)23-19-10-6-9-17(18)21(19)24/h3-10,15,18,22H,11-14H2,1-2H3. The molecule has 0 fully saturated rings. The summed E-state index contributed by atoms with van der Waals surface area (Å²) in [7, 11) is 0. The average molecular weight is 319 g/mol. The van der Waals surface area contributed by atoms with Crippen molar-refractivity contribution in [3.8, 4) is 0 Å². The van der Waals surface area contributed by atoms with E-state index in [4.69, 9.17) is 4.98 Å². The topological polar surface area (TPSA) is 29.9 Å². The Morgan fingerprint density at radius 3 is 2.71 bits per heavy atom. The number of rotatable bonds is 5. The Balaban J connectivity index is 1.66. The van der Waals surface area contributed by atoms with Crippen LogP contribution in [-0.4, -0.2) is 15.6 Å². The molecule has 0 amide bonds. The monoisotopic (exact) mass is 319 g/mol. The molecule has 0 saturated carbocycles. The molecule has 0 spiro atoms. The van der Waals surface area contributed by atoms with Crippen molar-refractivity contribution in [2.75, 3.05) is 0 Å². The van der Waals surface area contributed by atoms with Gasteiger partial charge in [0.15, 0.2) is 0 Å². The summed E-state index contributed by atoms with van der Waals surface area (Å²) < 4.78 is 2.45. The Kier molecular flexibility index (Phi) is 4.11. The molecule has 1 N–H and O–H groups in total. The van der Waals surface area contributed by atoms with Gasteiger partial charge in [0, 0.05) is 25.0 Å². The van der Waals surface area contributed by atoms with Crippen LogP contribution < -0.4 is 5.32 Å². The molecular weight excluding hydrogens is 294 g/mol. The number of para-hydroxylation sites is 1. The average Bonchev–Trinajstić information content (AvgIpc) is 2.95. The number of nitrogens with one attached hydrogen (secondary N) is 1. The minimum absolute atomic E-state index is 0.444. The maximum absolute atomic E-state index is 4.95. The molecule has 0 radical (unpaired) electrons. The van der Waals surface area contributed by atoms with Gasteiger partial charge in [-0.05, 0) is 30.0 Å². The van der Waals surface area contributed by atoms with Crippen molar-refractivity contribution < 1.29 is 0 Å². The molecule has 3 aromatic rings. The highest BCUT2D eigenvalue weighted by Gasteiger charge is 2.24. The molecule has 1 aliphatic heterocycles. The zero-order valence-electron chi connectivity index (χ0n) is 14.5. The number of benzene rings is 2. The van der Waals surface area contributed by atoms with E-state index < -0.39 is 0 Å². The third-order valence-electron chi connectivity index (χ3n) is 4.91. The zero-order chi connectivity index (χ0) is 16.5. The molecule has 0 saturated heterocycles. The van der Waals surface area contributed by atoms with Crippen LogP contribution in [0.15, 0.2) is 48.5 Å². The van der Waals surface area contributed by atoms with E-state index in [0.29, 0.717) is 12.1 Å². The normalized spacial score (nSPS) is 16.9. The highest BCUT2D eigenvalue weighted by molar-refractivity contribution is 5.81. The molecule has 4 rings (SSSR count). The minimum Gasteiger partial charge on any atom is -0.328 e. The summed E-state index contributed by atoms with van der Waals surface area (Å²) in [6.07, 6.45) is 3.19. The highest BCUT2D eigenvalue weighted by atomic mass is 15.1. The smallest absolute Gasteiger partial charge is 0.110 e. The Morgan fingerprint density at radius 1 is 1.08 bits per heavy atom. The van der Waals surface area contributed by atoms with Gasteiger partial charge in [0.2, 0.25) is 0 Å². The maximum Gasteiger partial charge on any atom is 0.110 e. The van der Waals surface area contributed by atoms with E-state index in [9.17, 15) is 0 Å². The summed E-state index contributed by atoms with van der Waals surface area (Å²) >= 11 is 0. The maximum atomic E-state index is 4.95. The van der Waals surface area contributed by atoms with Crippen LogP contribution in [0.5, 0.6) is 0 Å². The van der Waals surface area contributed by atoms with E-state index in [1.165, 1.54) is 22.5 Å². The Bertz CT molecular complexity index is 833. The summed E-state index contributed by atoms with van der Waals surface area (Å²) in [5.74, 6) is 1.23. The summed E-state index contributed by atoms with van der Waals surface area (Å²) in [6, 6.07) is 18.2. The Hall–Kier alpha value is -2.13. The third kappa shape index (κ3) is 2.84. The summed E-state index contributed by atoms with van der Waals surface area (Å²) in [5.41, 5.74) is 5.27. The van der Waals surface area contributed by atoms with E-state index in [1.807, 2.05) is 0 Å². The fourth-order valence-corrected chi connectivity index (χ4v) is 3.86. The molecule has 2 aromatic carbocycles. The third-order valence-corrected chi connectivity index (χ3v) is 4.91. The van der Waals surface area contributed by atoms with Gasteiger partial charge in [0.25, 0.3) is 0 Å². The van der Waals surface area contributed by atoms with Crippen molar-refractivity contribution in [3.05, 3.63) is 65.5 Å². The number of hydrogen-bond donors (Lipinski definition) is 1. The van der Waals surface area contributed by atoms with Crippen molar-refractivity contribution >= 4 is 11.0 Å². The molecule has 1 unspecified atom stereocenters. The van der Waals surface area contributed by atoms with E-state index in [-0.39, 0.29) is 0 Å². The number of imidazole rings is 1. The molecule has 1 aliphatic rings. The summed E-state index contributed by atoms with van der Waals surface area (Å²) in [4.78, 5) is 4.95. The predicted octanol–water partition coefficient (Wildman–Crippen LogP) is 4.26. The van der Waals surface area contributed by atoms with Gasteiger partial charge in [-0.2, -0.15) is 0 Å². The molecule has 1 atom stereocenters. The van der Waals surface area contributed by atoms with Gasteiger partial charge in [0.1, 0.15) is 5.82 Å². The number of hydrogen-bond acceptors (Lipinski definition) is 2. The van der Waals surface area contributed by atoms with Crippen LogP contribution in [0, 0.1) is 0 Å². The highest BCUT2D eigenvalue weighted by Crippen LogP contribution is 2.33. The number of aryl methyl sites for hydroxylation is 3. The van der Waals surface area contributed by atoms with Crippen LogP contribution in [0.4, 0.5) is 0 Å². The van der Waals surface area contributed by atoms with Crippen molar-refractivity contribution in [3.63, 3.8) is 0 Å². The van der Waals surface area contributed by atoms with Crippen LogP contribution in [0.3, 0.4) is 0 Å².